The van der Waals surface area contributed by atoms with Crippen LogP contribution in [0, 0.1) is 0 Å². The molecule has 0 bridgehead atoms. The van der Waals surface area contributed by atoms with Crippen molar-refractivity contribution >= 4 is 7.56 Å². The third-order valence-corrected chi connectivity index (χ3v) is 7.90. The van der Waals surface area contributed by atoms with Gasteiger partial charge in [-0.25, -0.2) is 0 Å². The van der Waals surface area contributed by atoms with Crippen molar-refractivity contribution in [3.05, 3.63) is 0 Å². The van der Waals surface area contributed by atoms with Crippen molar-refractivity contribution in [3.63, 3.8) is 0 Å². The van der Waals surface area contributed by atoms with E-state index >= 15 is 0 Å². The van der Waals surface area contributed by atoms with E-state index in [1.807, 2.05) is 0 Å². The molecule has 0 aliphatic heterocycles. The molecule has 118 valence electrons. The van der Waals surface area contributed by atoms with E-state index in [0.29, 0.717) is 0 Å². The van der Waals surface area contributed by atoms with Gasteiger partial charge in [-0.2, -0.15) is 0 Å². The molecule has 0 saturated carbocycles. The van der Waals surface area contributed by atoms with E-state index in [-0.39, 0.29) is 5.78 Å². The Labute approximate surface area is 121 Å². The zero-order valence-electron chi connectivity index (χ0n) is 13.5. The molecule has 4 nitrogen and oxygen atoms in total. The maximum atomic E-state index is 6.47. The summed E-state index contributed by atoms with van der Waals surface area (Å²) >= 11 is 0. The minimum absolute atomic E-state index is 0.272. The van der Waals surface area contributed by atoms with Gasteiger partial charge in [-0.1, -0.05) is 0 Å². The molecule has 5 N–H and O–H groups in total. The molecule has 0 fully saturated rings. The molecule has 0 amide bonds. The van der Waals surface area contributed by atoms with Crippen LogP contribution in [0.5, 0.6) is 0 Å². The number of nitrogens with two attached hydrogens (primary N) is 1. The Hall–Kier alpha value is 0.270. The van der Waals surface area contributed by atoms with Gasteiger partial charge in [-0.3, -0.25) is 0 Å². The van der Waals surface area contributed by atoms with Gasteiger partial charge < -0.3 is 0 Å². The number of unbranched alkanes of at least 4 members (excludes halogenated alkanes) is 2. The fraction of sp³-hybridized carbons (Fsp3) is 1.00. The quantitative estimate of drug-likeness (QED) is 0.311. The zero-order valence-corrected chi connectivity index (χ0v) is 14.5. The summed E-state index contributed by atoms with van der Waals surface area (Å²) in [4.78, 5) is 0. The van der Waals surface area contributed by atoms with Gasteiger partial charge in [0.05, 0.1) is 0 Å². The molecule has 0 radical (unpaired) electrons. The summed E-state index contributed by atoms with van der Waals surface area (Å²) in [5, 5.41) is 11.0. The van der Waals surface area contributed by atoms with Crippen molar-refractivity contribution < 1.29 is 0 Å². The Bertz CT molecular complexity index is 204. The molecule has 0 aliphatic rings. The van der Waals surface area contributed by atoms with E-state index in [1.165, 1.54) is 25.7 Å². The summed E-state index contributed by atoms with van der Waals surface area (Å²) in [6.07, 6.45) is 8.22. The van der Waals surface area contributed by atoms with Crippen LogP contribution in [0.25, 0.3) is 0 Å². The minimum atomic E-state index is -1.81. The fourth-order valence-electron chi connectivity index (χ4n) is 2.32. The van der Waals surface area contributed by atoms with Crippen molar-refractivity contribution in [2.24, 2.45) is 5.73 Å². The Kier molecular flexibility index (Phi) is 12.2. The second-order valence-electron chi connectivity index (χ2n) is 5.43. The predicted molar refractivity (Wildman–Crippen MR) is 90.9 cm³/mol. The Morgan fingerprint density at radius 2 is 1.63 bits per heavy atom. The molecule has 0 spiro atoms. The Balaban J connectivity index is 4.45. The van der Waals surface area contributed by atoms with E-state index in [1.54, 1.807) is 0 Å². The monoisotopic (exact) mass is 292 g/mol. The van der Waals surface area contributed by atoms with Crippen LogP contribution in [0.2, 0.25) is 0 Å². The summed E-state index contributed by atoms with van der Waals surface area (Å²) in [5.41, 5.74) is 6.47. The molecule has 0 saturated heterocycles. The van der Waals surface area contributed by atoms with Crippen molar-refractivity contribution in [3.8, 4) is 0 Å². The van der Waals surface area contributed by atoms with Gasteiger partial charge in [0, 0.05) is 0 Å². The second-order valence-corrected chi connectivity index (χ2v) is 9.32. The number of hydrogen-bond donors (Lipinski definition) is 4. The number of rotatable bonds is 13. The van der Waals surface area contributed by atoms with Crippen LogP contribution in [0.15, 0.2) is 0 Å². The van der Waals surface area contributed by atoms with Crippen LogP contribution in [0.3, 0.4) is 0 Å². The standard InChI is InChI=1S/C14H37N4P/c1-5-8-11-17-13-19(16-4,14(15)10-7-3)18-12-9-6-2/h14,16-19H,5-13,15H2,1-4H3. The molecule has 1 atom stereocenters. The molecule has 19 heavy (non-hydrogen) atoms. The van der Waals surface area contributed by atoms with Gasteiger partial charge in [-0.05, 0) is 0 Å². The van der Waals surface area contributed by atoms with E-state index in [4.69, 9.17) is 5.73 Å². The molecule has 1 unspecified atom stereocenters. The van der Waals surface area contributed by atoms with Gasteiger partial charge >= 0.3 is 120 Å². The van der Waals surface area contributed by atoms with Crippen LogP contribution in [0.4, 0.5) is 0 Å². The molecule has 0 aromatic rings. The molecule has 0 aromatic carbocycles. The van der Waals surface area contributed by atoms with Crippen LogP contribution < -0.4 is 21.2 Å². The maximum absolute atomic E-state index is 6.47. The molecule has 0 heterocycles. The average Bonchev–Trinajstić information content (AvgIpc) is 2.42. The fourth-order valence-corrected chi connectivity index (χ4v) is 5.67. The zero-order chi connectivity index (χ0) is 14.6. The van der Waals surface area contributed by atoms with Crippen LogP contribution in [-0.2, 0) is 0 Å². The third kappa shape index (κ3) is 7.57. The molecular formula is C14H37N4P. The van der Waals surface area contributed by atoms with Crippen molar-refractivity contribution in [2.45, 2.75) is 65.1 Å². The Morgan fingerprint density at radius 3 is 2.16 bits per heavy atom. The number of hydrogen-bond acceptors (Lipinski definition) is 4. The molecular weight excluding hydrogens is 255 g/mol. The number of nitrogens with one attached hydrogen (secondary N) is 3. The van der Waals surface area contributed by atoms with Crippen LogP contribution >= 0.6 is 7.56 Å². The van der Waals surface area contributed by atoms with E-state index in [9.17, 15) is 0 Å². The van der Waals surface area contributed by atoms with Gasteiger partial charge in [0.2, 0.25) is 0 Å². The SMILES string of the molecule is CCCCNC[PH](NC)(NCCCC)C(N)CCC. The third-order valence-electron chi connectivity index (χ3n) is 3.76. The van der Waals surface area contributed by atoms with Crippen LogP contribution in [-0.4, -0.2) is 32.2 Å². The summed E-state index contributed by atoms with van der Waals surface area (Å²) in [7, 11) is 0.257. The molecule has 0 rings (SSSR count). The van der Waals surface area contributed by atoms with E-state index < -0.39 is 7.56 Å². The first-order valence-corrected chi connectivity index (χ1v) is 10.4. The van der Waals surface area contributed by atoms with Gasteiger partial charge in [0.15, 0.2) is 0 Å². The normalized spacial score (nSPS) is 14.6. The summed E-state index contributed by atoms with van der Waals surface area (Å²) < 4.78 is 0. The average molecular weight is 292 g/mol. The van der Waals surface area contributed by atoms with Crippen LogP contribution in [0.1, 0.15) is 59.3 Å². The summed E-state index contributed by atoms with van der Waals surface area (Å²) in [6.45, 7) is 8.85. The summed E-state index contributed by atoms with van der Waals surface area (Å²) in [6, 6.07) is 0. The second kappa shape index (κ2) is 12.0. The van der Waals surface area contributed by atoms with Crippen molar-refractivity contribution in [2.75, 3.05) is 26.4 Å². The predicted octanol–water partition coefficient (Wildman–Crippen LogP) is 2.61. The van der Waals surface area contributed by atoms with Crippen molar-refractivity contribution in [1.29, 1.82) is 0 Å². The van der Waals surface area contributed by atoms with E-state index in [2.05, 4.69) is 43.3 Å². The topological polar surface area (TPSA) is 62.1 Å². The van der Waals surface area contributed by atoms with E-state index in [0.717, 1.165) is 32.2 Å². The van der Waals surface area contributed by atoms with Gasteiger partial charge in [0.25, 0.3) is 0 Å². The Morgan fingerprint density at radius 1 is 1.00 bits per heavy atom. The van der Waals surface area contributed by atoms with Gasteiger partial charge in [0.1, 0.15) is 0 Å². The first-order chi connectivity index (χ1) is 9.16. The van der Waals surface area contributed by atoms with Gasteiger partial charge in [-0.15, -0.1) is 0 Å². The first kappa shape index (κ1) is 19.3. The molecule has 5 heteroatoms. The molecule has 0 aliphatic carbocycles. The first-order valence-electron chi connectivity index (χ1n) is 8.07. The molecule has 0 aromatic heterocycles. The van der Waals surface area contributed by atoms with Crippen molar-refractivity contribution in [1.82, 2.24) is 15.5 Å². The summed E-state index contributed by atoms with van der Waals surface area (Å²) in [5.74, 6) is 0.272.